The lowest BCUT2D eigenvalue weighted by Crippen LogP contribution is -2.18. The van der Waals surface area contributed by atoms with Crippen LogP contribution in [0.3, 0.4) is 0 Å². The summed E-state index contributed by atoms with van der Waals surface area (Å²) in [5.41, 5.74) is 1.11. The van der Waals surface area contributed by atoms with Crippen LogP contribution in [0.25, 0.3) is 0 Å². The molecule has 1 aromatic rings. The van der Waals surface area contributed by atoms with Crippen molar-refractivity contribution in [2.45, 2.75) is 19.1 Å². The fraction of sp³-hybridized carbons (Fsp3) is 0.429. The van der Waals surface area contributed by atoms with Gasteiger partial charge in [0, 0.05) is 5.92 Å². The minimum Gasteiger partial charge on any atom is -0.497 e. The molecule has 0 fully saturated rings. The highest BCUT2D eigenvalue weighted by molar-refractivity contribution is 5.26. The number of aliphatic hydroxyl groups is 1. The van der Waals surface area contributed by atoms with Crippen LogP contribution in [0.15, 0.2) is 36.4 Å². The van der Waals surface area contributed by atoms with Gasteiger partial charge in [-0.25, -0.2) is 0 Å². The summed E-state index contributed by atoms with van der Waals surface area (Å²) in [5, 5.41) is 9.60. The van der Waals surface area contributed by atoms with Crippen LogP contribution in [0.5, 0.6) is 5.75 Å². The van der Waals surface area contributed by atoms with E-state index in [2.05, 4.69) is 0 Å². The van der Waals surface area contributed by atoms with Crippen LogP contribution >= 0.6 is 0 Å². The van der Waals surface area contributed by atoms with E-state index < -0.39 is 0 Å². The van der Waals surface area contributed by atoms with Crippen LogP contribution in [0.4, 0.5) is 0 Å². The molecule has 0 aliphatic heterocycles. The van der Waals surface area contributed by atoms with E-state index in [1.54, 1.807) is 7.11 Å². The molecule has 2 rings (SSSR count). The molecule has 1 N–H and O–H groups in total. The van der Waals surface area contributed by atoms with Crippen molar-refractivity contribution in [1.82, 2.24) is 0 Å². The molecule has 0 heterocycles. The summed E-state index contributed by atoms with van der Waals surface area (Å²) in [4.78, 5) is 0. The minimum absolute atomic E-state index is 0.147. The molecule has 1 aromatic carbocycles. The molecule has 0 saturated heterocycles. The summed E-state index contributed by atoms with van der Waals surface area (Å²) >= 11 is 0. The number of ether oxygens (including phenoxy) is 2. The Kier molecular flexibility index (Phi) is 4.18. The van der Waals surface area contributed by atoms with Crippen molar-refractivity contribution in [2.75, 3.05) is 13.7 Å². The maximum Gasteiger partial charge on any atom is 0.118 e. The van der Waals surface area contributed by atoms with Crippen molar-refractivity contribution in [3.05, 3.63) is 42.0 Å². The maximum atomic E-state index is 9.60. The summed E-state index contributed by atoms with van der Waals surface area (Å²) in [6.07, 6.45) is 4.51. The van der Waals surface area contributed by atoms with Crippen LogP contribution in [-0.2, 0) is 11.3 Å². The molecule has 2 atom stereocenters. The number of methoxy groups -OCH3 is 1. The zero-order valence-corrected chi connectivity index (χ0v) is 10.0. The van der Waals surface area contributed by atoms with Crippen molar-refractivity contribution in [2.24, 2.45) is 5.92 Å². The van der Waals surface area contributed by atoms with Crippen LogP contribution in [0, 0.1) is 5.92 Å². The predicted molar refractivity (Wildman–Crippen MR) is 65.9 cm³/mol. The lowest BCUT2D eigenvalue weighted by atomic mass is 10.1. The van der Waals surface area contributed by atoms with E-state index in [-0.39, 0.29) is 12.0 Å². The van der Waals surface area contributed by atoms with Gasteiger partial charge in [0.25, 0.3) is 0 Å². The Hall–Kier alpha value is -1.32. The van der Waals surface area contributed by atoms with Gasteiger partial charge in [0.1, 0.15) is 5.75 Å². The molecular formula is C14H18O3. The van der Waals surface area contributed by atoms with Crippen LogP contribution in [-0.4, -0.2) is 24.9 Å². The van der Waals surface area contributed by atoms with E-state index in [9.17, 15) is 5.11 Å². The Morgan fingerprint density at radius 1 is 1.29 bits per heavy atom. The fourth-order valence-electron chi connectivity index (χ4n) is 1.90. The summed E-state index contributed by atoms with van der Waals surface area (Å²) < 4.78 is 10.7. The van der Waals surface area contributed by atoms with Gasteiger partial charge in [-0.05, 0) is 24.1 Å². The summed E-state index contributed by atoms with van der Waals surface area (Å²) in [6, 6.07) is 7.81. The van der Waals surface area contributed by atoms with Gasteiger partial charge in [-0.2, -0.15) is 0 Å². The van der Waals surface area contributed by atoms with Crippen molar-refractivity contribution in [3.8, 4) is 5.75 Å². The third-order valence-electron chi connectivity index (χ3n) is 2.99. The lowest BCUT2D eigenvalue weighted by molar-refractivity contribution is 0.0479. The number of rotatable bonds is 5. The van der Waals surface area contributed by atoms with Gasteiger partial charge in [0.05, 0.1) is 26.4 Å². The van der Waals surface area contributed by atoms with E-state index in [1.807, 2.05) is 36.4 Å². The van der Waals surface area contributed by atoms with Crippen LogP contribution < -0.4 is 4.74 Å². The minimum atomic E-state index is -0.272. The van der Waals surface area contributed by atoms with E-state index in [0.29, 0.717) is 13.2 Å². The second-order valence-electron chi connectivity index (χ2n) is 4.26. The predicted octanol–water partition coefficient (Wildman–Crippen LogP) is 2.15. The normalized spacial score (nSPS) is 22.9. The Bertz CT molecular complexity index is 370. The van der Waals surface area contributed by atoms with Crippen molar-refractivity contribution >= 4 is 0 Å². The Labute approximate surface area is 102 Å². The first-order valence-electron chi connectivity index (χ1n) is 5.85. The summed E-state index contributed by atoms with van der Waals surface area (Å²) in [5.74, 6) is 0.996. The molecule has 0 amide bonds. The van der Waals surface area contributed by atoms with Crippen molar-refractivity contribution in [3.63, 3.8) is 0 Å². The first-order valence-corrected chi connectivity index (χ1v) is 5.85. The van der Waals surface area contributed by atoms with E-state index in [1.165, 1.54) is 0 Å². The monoisotopic (exact) mass is 234 g/mol. The quantitative estimate of drug-likeness (QED) is 0.793. The van der Waals surface area contributed by atoms with E-state index in [0.717, 1.165) is 17.7 Å². The van der Waals surface area contributed by atoms with Crippen LogP contribution in [0.1, 0.15) is 12.0 Å². The molecule has 3 nitrogen and oxygen atoms in total. The fourth-order valence-corrected chi connectivity index (χ4v) is 1.90. The first-order chi connectivity index (χ1) is 8.29. The zero-order chi connectivity index (χ0) is 12.1. The van der Waals surface area contributed by atoms with Crippen molar-refractivity contribution in [1.29, 1.82) is 0 Å². The molecule has 0 saturated carbocycles. The van der Waals surface area contributed by atoms with E-state index in [4.69, 9.17) is 9.47 Å². The second-order valence-corrected chi connectivity index (χ2v) is 4.26. The highest BCUT2D eigenvalue weighted by Gasteiger charge is 2.19. The molecule has 0 radical (unpaired) electrons. The average molecular weight is 234 g/mol. The van der Waals surface area contributed by atoms with Gasteiger partial charge in [0.2, 0.25) is 0 Å². The molecule has 17 heavy (non-hydrogen) atoms. The number of aliphatic hydroxyl groups excluding tert-OH is 1. The van der Waals surface area contributed by atoms with Gasteiger partial charge >= 0.3 is 0 Å². The molecule has 0 bridgehead atoms. The molecule has 0 aromatic heterocycles. The summed E-state index contributed by atoms with van der Waals surface area (Å²) in [6.45, 7) is 1.14. The highest BCUT2D eigenvalue weighted by atomic mass is 16.5. The number of hydrogen-bond acceptors (Lipinski definition) is 3. The Morgan fingerprint density at radius 3 is 2.65 bits per heavy atom. The average Bonchev–Trinajstić information content (AvgIpc) is 2.76. The van der Waals surface area contributed by atoms with Gasteiger partial charge < -0.3 is 14.6 Å². The van der Waals surface area contributed by atoms with Gasteiger partial charge in [-0.3, -0.25) is 0 Å². The second kappa shape index (κ2) is 5.84. The molecule has 1 aliphatic rings. The molecule has 0 spiro atoms. The zero-order valence-electron chi connectivity index (χ0n) is 10.0. The summed E-state index contributed by atoms with van der Waals surface area (Å²) in [7, 11) is 1.65. The third kappa shape index (κ3) is 3.32. The molecule has 3 heteroatoms. The van der Waals surface area contributed by atoms with Crippen LogP contribution in [0.2, 0.25) is 0 Å². The molecule has 0 unspecified atom stereocenters. The first kappa shape index (κ1) is 12.1. The largest absolute Gasteiger partial charge is 0.497 e. The van der Waals surface area contributed by atoms with Gasteiger partial charge in [-0.1, -0.05) is 24.3 Å². The van der Waals surface area contributed by atoms with Crippen molar-refractivity contribution < 1.29 is 14.6 Å². The number of benzene rings is 1. The maximum absolute atomic E-state index is 9.60. The number of hydrogen-bond donors (Lipinski definition) is 1. The molecule has 1 aliphatic carbocycles. The lowest BCUT2D eigenvalue weighted by Gasteiger charge is -2.14. The molecular weight excluding hydrogens is 216 g/mol. The van der Waals surface area contributed by atoms with Gasteiger partial charge in [-0.15, -0.1) is 0 Å². The van der Waals surface area contributed by atoms with Gasteiger partial charge in [0.15, 0.2) is 0 Å². The molecule has 92 valence electrons. The SMILES string of the molecule is COc1ccc(COC[C@H]2C=CC[C@@H]2O)cc1. The standard InChI is InChI=1S/C14H18O3/c1-16-13-7-5-11(6-8-13)9-17-10-12-3-2-4-14(12)15/h2-3,5-8,12,14-15H,4,9-10H2,1H3/t12-,14+/m1/s1. The highest BCUT2D eigenvalue weighted by Crippen LogP contribution is 2.19. The third-order valence-corrected chi connectivity index (χ3v) is 2.99. The van der Waals surface area contributed by atoms with E-state index >= 15 is 0 Å². The topological polar surface area (TPSA) is 38.7 Å². The Balaban J connectivity index is 1.75. The smallest absolute Gasteiger partial charge is 0.118 e. The Morgan fingerprint density at radius 2 is 2.06 bits per heavy atom.